The summed E-state index contributed by atoms with van der Waals surface area (Å²) in [4.78, 5) is 2.57. The predicted octanol–water partition coefficient (Wildman–Crippen LogP) is 0.584. The molecule has 2 unspecified atom stereocenters. The molecule has 2 aliphatic rings. The lowest BCUT2D eigenvalue weighted by molar-refractivity contribution is 0.0616. The van der Waals surface area contributed by atoms with E-state index >= 15 is 0 Å². The Labute approximate surface area is 86.5 Å². The van der Waals surface area contributed by atoms with Crippen LogP contribution in [0.1, 0.15) is 32.1 Å². The van der Waals surface area contributed by atoms with Crippen molar-refractivity contribution >= 4 is 0 Å². The van der Waals surface area contributed by atoms with E-state index in [1.165, 1.54) is 19.3 Å². The van der Waals surface area contributed by atoms with Gasteiger partial charge >= 0.3 is 0 Å². The fourth-order valence-corrected chi connectivity index (χ4v) is 2.80. The van der Waals surface area contributed by atoms with Crippen molar-refractivity contribution in [1.29, 1.82) is 0 Å². The minimum absolute atomic E-state index is 0.0345. The van der Waals surface area contributed by atoms with Crippen LogP contribution in [0.4, 0.5) is 0 Å². The summed E-state index contributed by atoms with van der Waals surface area (Å²) in [5, 5.41) is 12.8. The van der Waals surface area contributed by atoms with Gasteiger partial charge in [-0.15, -0.1) is 0 Å². The summed E-state index contributed by atoms with van der Waals surface area (Å²) in [6, 6.07) is 1.51. The highest BCUT2D eigenvalue weighted by molar-refractivity contribution is 4.88. The average Bonchev–Trinajstić information content (AvgIpc) is 2.67. The Balaban J connectivity index is 1.79. The molecule has 82 valence electrons. The zero-order chi connectivity index (χ0) is 9.97. The third-order valence-corrected chi connectivity index (χ3v) is 3.83. The normalized spacial score (nSPS) is 36.4. The van der Waals surface area contributed by atoms with Crippen LogP contribution in [-0.2, 0) is 0 Å². The number of rotatable bonds is 2. The van der Waals surface area contributed by atoms with Crippen molar-refractivity contribution in [3.8, 4) is 0 Å². The van der Waals surface area contributed by atoms with Gasteiger partial charge in [-0.05, 0) is 39.2 Å². The standard InChI is InChI=1S/C11H22N2O/c1-12-9-2-3-10(8-9)13-6-4-11(14)5-7-13/h9-12,14H,2-8H2,1H3. The lowest BCUT2D eigenvalue weighted by Crippen LogP contribution is -2.42. The first-order valence-corrected chi connectivity index (χ1v) is 5.89. The molecular formula is C11H22N2O. The molecule has 1 heterocycles. The molecule has 2 atom stereocenters. The van der Waals surface area contributed by atoms with Gasteiger partial charge in [0.1, 0.15) is 0 Å². The fourth-order valence-electron chi connectivity index (χ4n) is 2.80. The summed E-state index contributed by atoms with van der Waals surface area (Å²) in [6.45, 7) is 2.20. The van der Waals surface area contributed by atoms with E-state index in [1.54, 1.807) is 0 Å². The van der Waals surface area contributed by atoms with Crippen LogP contribution in [0.3, 0.4) is 0 Å². The number of aliphatic hydroxyl groups excluding tert-OH is 1. The third-order valence-electron chi connectivity index (χ3n) is 3.83. The highest BCUT2D eigenvalue weighted by Gasteiger charge is 2.30. The topological polar surface area (TPSA) is 35.5 Å². The van der Waals surface area contributed by atoms with Crippen molar-refractivity contribution < 1.29 is 5.11 Å². The van der Waals surface area contributed by atoms with Gasteiger partial charge in [-0.2, -0.15) is 0 Å². The maximum absolute atomic E-state index is 9.43. The molecule has 14 heavy (non-hydrogen) atoms. The minimum Gasteiger partial charge on any atom is -0.393 e. The molecule has 1 aliphatic carbocycles. The van der Waals surface area contributed by atoms with Gasteiger partial charge in [-0.1, -0.05) is 0 Å². The lowest BCUT2D eigenvalue weighted by Gasteiger charge is -2.34. The molecule has 0 amide bonds. The van der Waals surface area contributed by atoms with Crippen LogP contribution in [0.5, 0.6) is 0 Å². The van der Waals surface area contributed by atoms with Crippen LogP contribution >= 0.6 is 0 Å². The molecule has 0 aromatic carbocycles. The van der Waals surface area contributed by atoms with Crippen molar-refractivity contribution in [2.45, 2.75) is 50.3 Å². The Morgan fingerprint density at radius 2 is 1.86 bits per heavy atom. The first-order chi connectivity index (χ1) is 6.79. The Morgan fingerprint density at radius 1 is 1.14 bits per heavy atom. The van der Waals surface area contributed by atoms with E-state index in [4.69, 9.17) is 0 Å². The van der Waals surface area contributed by atoms with Gasteiger partial charge in [-0.3, -0.25) is 0 Å². The Morgan fingerprint density at radius 3 is 2.43 bits per heavy atom. The van der Waals surface area contributed by atoms with E-state index in [2.05, 4.69) is 17.3 Å². The van der Waals surface area contributed by atoms with Crippen LogP contribution in [-0.4, -0.2) is 48.3 Å². The zero-order valence-electron chi connectivity index (χ0n) is 9.08. The number of hydrogen-bond acceptors (Lipinski definition) is 3. The first kappa shape index (κ1) is 10.4. The molecule has 0 aromatic heterocycles. The van der Waals surface area contributed by atoms with Crippen molar-refractivity contribution in [3.63, 3.8) is 0 Å². The van der Waals surface area contributed by atoms with Crippen molar-refractivity contribution in [1.82, 2.24) is 10.2 Å². The minimum atomic E-state index is -0.0345. The largest absolute Gasteiger partial charge is 0.393 e. The van der Waals surface area contributed by atoms with Crippen LogP contribution in [0.15, 0.2) is 0 Å². The van der Waals surface area contributed by atoms with Gasteiger partial charge < -0.3 is 15.3 Å². The molecule has 2 rings (SSSR count). The molecule has 1 aliphatic heterocycles. The number of likely N-dealkylation sites (tertiary alicyclic amines) is 1. The summed E-state index contributed by atoms with van der Waals surface area (Å²) in [5.41, 5.74) is 0. The molecule has 0 radical (unpaired) electrons. The molecule has 0 aromatic rings. The predicted molar refractivity (Wildman–Crippen MR) is 57.3 cm³/mol. The molecule has 3 heteroatoms. The van der Waals surface area contributed by atoms with Gasteiger partial charge in [0.2, 0.25) is 0 Å². The second-order valence-electron chi connectivity index (χ2n) is 4.72. The molecule has 1 saturated heterocycles. The summed E-state index contributed by atoms with van der Waals surface area (Å²) in [7, 11) is 2.06. The third kappa shape index (κ3) is 2.27. The second-order valence-corrected chi connectivity index (χ2v) is 4.72. The molecular weight excluding hydrogens is 176 g/mol. The van der Waals surface area contributed by atoms with E-state index < -0.39 is 0 Å². The van der Waals surface area contributed by atoms with E-state index in [0.29, 0.717) is 0 Å². The fraction of sp³-hybridized carbons (Fsp3) is 1.00. The van der Waals surface area contributed by atoms with Crippen LogP contribution in [0, 0.1) is 0 Å². The molecule has 2 N–H and O–H groups in total. The van der Waals surface area contributed by atoms with E-state index in [9.17, 15) is 5.11 Å². The summed E-state index contributed by atoms with van der Waals surface area (Å²) in [6.07, 6.45) is 5.86. The molecule has 0 spiro atoms. The van der Waals surface area contributed by atoms with Gasteiger partial charge in [-0.25, -0.2) is 0 Å². The van der Waals surface area contributed by atoms with Crippen molar-refractivity contribution in [2.75, 3.05) is 20.1 Å². The number of hydrogen-bond donors (Lipinski definition) is 2. The summed E-state index contributed by atoms with van der Waals surface area (Å²) < 4.78 is 0. The Bertz CT molecular complexity index is 178. The zero-order valence-corrected chi connectivity index (χ0v) is 9.08. The lowest BCUT2D eigenvalue weighted by atomic mass is 10.0. The monoisotopic (exact) mass is 198 g/mol. The van der Waals surface area contributed by atoms with Gasteiger partial charge in [0.25, 0.3) is 0 Å². The summed E-state index contributed by atoms with van der Waals surface area (Å²) >= 11 is 0. The smallest absolute Gasteiger partial charge is 0.0564 e. The number of nitrogens with one attached hydrogen (secondary N) is 1. The first-order valence-electron chi connectivity index (χ1n) is 5.89. The van der Waals surface area contributed by atoms with Gasteiger partial charge in [0.05, 0.1) is 6.10 Å². The van der Waals surface area contributed by atoms with Gasteiger partial charge in [0, 0.05) is 25.2 Å². The molecule has 3 nitrogen and oxygen atoms in total. The summed E-state index contributed by atoms with van der Waals surface area (Å²) in [5.74, 6) is 0. The molecule has 2 fully saturated rings. The molecule has 1 saturated carbocycles. The van der Waals surface area contributed by atoms with E-state index in [0.717, 1.165) is 38.0 Å². The Kier molecular flexibility index (Phi) is 3.42. The second kappa shape index (κ2) is 4.60. The number of aliphatic hydroxyl groups is 1. The number of nitrogens with zero attached hydrogens (tertiary/aromatic N) is 1. The van der Waals surface area contributed by atoms with Crippen LogP contribution < -0.4 is 5.32 Å². The van der Waals surface area contributed by atoms with Crippen molar-refractivity contribution in [2.24, 2.45) is 0 Å². The maximum atomic E-state index is 9.43. The van der Waals surface area contributed by atoms with E-state index in [1.807, 2.05) is 0 Å². The maximum Gasteiger partial charge on any atom is 0.0564 e. The highest BCUT2D eigenvalue weighted by Crippen LogP contribution is 2.26. The quantitative estimate of drug-likeness (QED) is 0.681. The Hall–Kier alpha value is -0.120. The number of piperidine rings is 1. The van der Waals surface area contributed by atoms with Crippen molar-refractivity contribution in [3.05, 3.63) is 0 Å². The van der Waals surface area contributed by atoms with E-state index in [-0.39, 0.29) is 6.10 Å². The molecule has 0 bridgehead atoms. The average molecular weight is 198 g/mol. The van der Waals surface area contributed by atoms with Gasteiger partial charge in [0.15, 0.2) is 0 Å². The SMILES string of the molecule is CNC1CCC(N2CCC(O)CC2)C1. The highest BCUT2D eigenvalue weighted by atomic mass is 16.3. The van der Waals surface area contributed by atoms with Crippen LogP contribution in [0.2, 0.25) is 0 Å². The van der Waals surface area contributed by atoms with Crippen LogP contribution in [0.25, 0.3) is 0 Å².